The van der Waals surface area contributed by atoms with Gasteiger partial charge in [0.25, 0.3) is 5.19 Å². The van der Waals surface area contributed by atoms with Crippen molar-refractivity contribution in [2.75, 3.05) is 0 Å². The van der Waals surface area contributed by atoms with Crippen molar-refractivity contribution in [3.05, 3.63) is 37.5 Å². The summed E-state index contributed by atoms with van der Waals surface area (Å²) >= 11 is 6.05. The highest BCUT2D eigenvalue weighted by Gasteiger charge is 2.17. The first kappa shape index (κ1) is 12.2. The van der Waals surface area contributed by atoms with Gasteiger partial charge in [-0.25, -0.2) is 9.78 Å². The largest absolute Gasteiger partial charge is 0.465 e. The van der Waals surface area contributed by atoms with Gasteiger partial charge in [-0.2, -0.15) is 4.68 Å². The second kappa shape index (κ2) is 5.46. The van der Waals surface area contributed by atoms with E-state index in [2.05, 4.69) is 31.3 Å². The Hall–Kier alpha value is -1.52. The molecule has 20 heavy (non-hydrogen) atoms. The maximum atomic E-state index is 11.9. The molecule has 0 aliphatic carbocycles. The van der Waals surface area contributed by atoms with Crippen molar-refractivity contribution >= 4 is 38.6 Å². The maximum absolute atomic E-state index is 11.9. The molecule has 0 atom stereocenters. The molecule has 0 bridgehead atoms. The smallest absolute Gasteiger partial charge is 0.368 e. The Kier molecular flexibility index (Phi) is 3.34. The SMILES string of the molecule is [3H]c1csc(OCc2c(Br)csc2-n2nnn(C)c2=O)n1. The molecule has 0 fully saturated rings. The van der Waals surface area contributed by atoms with E-state index >= 15 is 0 Å². The fourth-order valence-electron chi connectivity index (χ4n) is 1.48. The van der Waals surface area contributed by atoms with E-state index in [9.17, 15) is 4.79 Å². The fourth-order valence-corrected chi connectivity index (χ4v) is 3.52. The van der Waals surface area contributed by atoms with E-state index in [0.717, 1.165) is 14.7 Å². The van der Waals surface area contributed by atoms with E-state index in [0.29, 0.717) is 10.2 Å². The minimum absolute atomic E-state index is 0.171. The third-order valence-electron chi connectivity index (χ3n) is 2.44. The molecule has 0 aliphatic heterocycles. The van der Waals surface area contributed by atoms with Crippen LogP contribution < -0.4 is 10.4 Å². The number of hydrogen-bond acceptors (Lipinski definition) is 7. The van der Waals surface area contributed by atoms with Gasteiger partial charge in [0, 0.05) is 34.0 Å². The van der Waals surface area contributed by atoms with Crippen molar-refractivity contribution in [1.29, 1.82) is 0 Å². The Morgan fingerprint density at radius 2 is 2.35 bits per heavy atom. The summed E-state index contributed by atoms with van der Waals surface area (Å²) in [6.07, 6.45) is 0.171. The fraction of sp³-hybridized carbons (Fsp3) is 0.200. The molecule has 3 aromatic rings. The first-order valence-electron chi connectivity index (χ1n) is 5.86. The molecule has 3 heterocycles. The molecule has 0 saturated carbocycles. The summed E-state index contributed by atoms with van der Waals surface area (Å²) in [5.41, 5.74) is 0.456. The van der Waals surface area contributed by atoms with Crippen LogP contribution in [0.3, 0.4) is 0 Å². The lowest BCUT2D eigenvalue weighted by molar-refractivity contribution is 0.303. The summed E-state index contributed by atoms with van der Waals surface area (Å²) in [4.78, 5) is 15.8. The highest BCUT2D eigenvalue weighted by Crippen LogP contribution is 2.30. The zero-order valence-corrected chi connectivity index (χ0v) is 13.3. The average Bonchev–Trinajstić information content (AvgIpc) is 3.11. The third-order valence-corrected chi connectivity index (χ3v) is 5.08. The molecular weight excluding hydrogens is 366 g/mol. The lowest BCUT2D eigenvalue weighted by Gasteiger charge is -2.04. The number of rotatable bonds is 4. The van der Waals surface area contributed by atoms with E-state index in [-0.39, 0.29) is 18.5 Å². The molecule has 104 valence electrons. The summed E-state index contributed by atoms with van der Waals surface area (Å²) in [6, 6.07) is 0. The van der Waals surface area contributed by atoms with Crippen molar-refractivity contribution in [1.82, 2.24) is 24.8 Å². The van der Waals surface area contributed by atoms with Crippen molar-refractivity contribution in [3.8, 4) is 10.2 Å². The van der Waals surface area contributed by atoms with Crippen molar-refractivity contribution < 1.29 is 6.11 Å². The van der Waals surface area contributed by atoms with E-state index in [1.54, 1.807) is 5.38 Å². The predicted octanol–water partition coefficient (Wildman–Crippen LogP) is 1.83. The molecule has 0 amide bonds. The molecule has 0 saturated heterocycles. The van der Waals surface area contributed by atoms with Crippen LogP contribution in [0.1, 0.15) is 6.93 Å². The summed E-state index contributed by atoms with van der Waals surface area (Å²) in [5.74, 6) is 0. The van der Waals surface area contributed by atoms with Gasteiger partial charge in [0.05, 0.1) is 1.37 Å². The molecular formula is C10H8BrN5O2S2. The van der Waals surface area contributed by atoms with Crippen LogP contribution in [0.2, 0.25) is 0 Å². The second-order valence-corrected chi connectivity index (χ2v) is 6.23. The third kappa shape index (κ3) is 2.41. The molecule has 3 rings (SSSR count). The number of aromatic nitrogens is 5. The first-order chi connectivity index (χ1) is 10.1. The molecule has 0 aromatic carbocycles. The molecule has 0 spiro atoms. The van der Waals surface area contributed by atoms with Crippen molar-refractivity contribution in [2.24, 2.45) is 7.05 Å². The normalized spacial score (nSPS) is 11.6. The van der Waals surface area contributed by atoms with E-state index in [1.807, 2.05) is 5.38 Å². The molecule has 0 N–H and O–H groups in total. The van der Waals surface area contributed by atoms with Gasteiger partial charge in [-0.05, 0) is 26.4 Å². The number of thiazole rings is 1. The Balaban J connectivity index is 1.90. The first-order valence-corrected chi connectivity index (χ1v) is 7.91. The van der Waals surface area contributed by atoms with Crippen molar-refractivity contribution in [2.45, 2.75) is 6.61 Å². The van der Waals surface area contributed by atoms with Crippen LogP contribution in [0.25, 0.3) is 5.00 Å². The van der Waals surface area contributed by atoms with Crippen LogP contribution in [0, 0.1) is 0 Å². The lowest BCUT2D eigenvalue weighted by Crippen LogP contribution is -2.22. The van der Waals surface area contributed by atoms with E-state index in [4.69, 9.17) is 6.11 Å². The Labute approximate surface area is 131 Å². The zero-order valence-electron chi connectivity index (χ0n) is 11.1. The van der Waals surface area contributed by atoms with Gasteiger partial charge in [-0.3, -0.25) is 0 Å². The van der Waals surface area contributed by atoms with E-state index in [1.165, 1.54) is 34.4 Å². The van der Waals surface area contributed by atoms with Crippen LogP contribution in [-0.2, 0) is 13.7 Å². The number of tetrazole rings is 1. The quantitative estimate of drug-likeness (QED) is 0.695. The topological polar surface area (TPSA) is 74.8 Å². The molecule has 0 aliphatic rings. The Bertz CT molecular complexity index is 839. The lowest BCUT2D eigenvalue weighted by atomic mass is 10.3. The molecule has 0 radical (unpaired) electrons. The predicted molar refractivity (Wildman–Crippen MR) is 78.6 cm³/mol. The van der Waals surface area contributed by atoms with Crippen molar-refractivity contribution in [3.63, 3.8) is 0 Å². The number of thiophene rings is 1. The van der Waals surface area contributed by atoms with Gasteiger partial charge in [0.1, 0.15) is 11.6 Å². The summed E-state index contributed by atoms with van der Waals surface area (Å²) < 4.78 is 16.1. The van der Waals surface area contributed by atoms with Gasteiger partial charge in [-0.1, -0.05) is 11.3 Å². The zero-order chi connectivity index (χ0) is 15.0. The number of aryl methyl sites for hydroxylation is 1. The molecule has 10 heteroatoms. The summed E-state index contributed by atoms with van der Waals surface area (Å²) in [6.45, 7) is 0.218. The number of halogens is 1. The van der Waals surface area contributed by atoms with Crippen LogP contribution >= 0.6 is 38.6 Å². The number of hydrogen-bond donors (Lipinski definition) is 0. The van der Waals surface area contributed by atoms with Crippen LogP contribution in [0.4, 0.5) is 0 Å². The standard InChI is InChI=1S/C10H8BrN5O2S2/c1-15-10(17)16(14-13-15)8-6(7(11)5-20-8)4-18-9-12-2-3-19-9/h2-3,5H,4H2,1H3/i2T. The van der Waals surface area contributed by atoms with Crippen LogP contribution in [0.15, 0.2) is 26.2 Å². The van der Waals surface area contributed by atoms with Crippen LogP contribution in [-0.4, -0.2) is 24.8 Å². The molecule has 3 aromatic heterocycles. The Morgan fingerprint density at radius 1 is 1.50 bits per heavy atom. The highest BCUT2D eigenvalue weighted by molar-refractivity contribution is 9.10. The summed E-state index contributed by atoms with van der Waals surface area (Å²) in [5, 5.41) is 12.0. The summed E-state index contributed by atoms with van der Waals surface area (Å²) in [7, 11) is 1.54. The minimum atomic E-state index is -0.326. The van der Waals surface area contributed by atoms with Gasteiger partial charge >= 0.3 is 5.69 Å². The highest BCUT2D eigenvalue weighted by atomic mass is 79.9. The van der Waals surface area contributed by atoms with E-state index < -0.39 is 0 Å². The van der Waals surface area contributed by atoms with Crippen LogP contribution in [0.5, 0.6) is 5.19 Å². The Morgan fingerprint density at radius 3 is 3.00 bits per heavy atom. The van der Waals surface area contributed by atoms with Gasteiger partial charge in [0.2, 0.25) is 0 Å². The molecule has 7 nitrogen and oxygen atoms in total. The maximum Gasteiger partial charge on any atom is 0.368 e. The van der Waals surface area contributed by atoms with Gasteiger partial charge in [0.15, 0.2) is 0 Å². The van der Waals surface area contributed by atoms with Gasteiger partial charge in [-0.15, -0.1) is 16.0 Å². The molecule has 0 unspecified atom stereocenters. The van der Waals surface area contributed by atoms with Gasteiger partial charge < -0.3 is 4.74 Å². The monoisotopic (exact) mass is 375 g/mol. The second-order valence-electron chi connectivity index (χ2n) is 3.70. The number of ether oxygens (including phenoxy) is 1. The number of nitrogens with zero attached hydrogens (tertiary/aromatic N) is 5. The average molecular weight is 376 g/mol. The minimum Gasteiger partial charge on any atom is -0.465 e.